The number of nitrogens with zero attached hydrogens (tertiary/aromatic N) is 3. The summed E-state index contributed by atoms with van der Waals surface area (Å²) in [5.41, 5.74) is 9.62. The minimum Gasteiger partial charge on any atom is -0.465 e. The monoisotopic (exact) mass is 506 g/mol. The second-order valence-corrected chi connectivity index (χ2v) is 10.5. The Morgan fingerprint density at radius 2 is 1.57 bits per heavy atom. The van der Waals surface area contributed by atoms with E-state index in [2.05, 4.69) is 32.3 Å². The van der Waals surface area contributed by atoms with Crippen molar-refractivity contribution in [1.82, 2.24) is 14.5 Å². The van der Waals surface area contributed by atoms with Crippen molar-refractivity contribution in [2.45, 2.75) is 59.9 Å². The van der Waals surface area contributed by atoms with Crippen LogP contribution in [0.2, 0.25) is 0 Å². The predicted molar refractivity (Wildman–Crippen MR) is 150 cm³/mol. The molecule has 2 N–H and O–H groups in total. The number of methoxy groups -OCH3 is 1. The van der Waals surface area contributed by atoms with E-state index in [9.17, 15) is 9.59 Å². The third-order valence-corrected chi connectivity index (χ3v) is 6.64. The predicted octanol–water partition coefficient (Wildman–Crippen LogP) is 5.76. The Hall–Kier alpha value is -3.19. The molecular weight excluding hydrogens is 464 g/mol. The van der Waals surface area contributed by atoms with Crippen LogP contribution in [-0.2, 0) is 11.3 Å². The maximum absolute atomic E-state index is 13.6. The van der Waals surface area contributed by atoms with Crippen LogP contribution in [0.4, 0.5) is 0 Å². The maximum Gasteiger partial charge on any atom is 0.337 e. The van der Waals surface area contributed by atoms with Gasteiger partial charge < -0.3 is 19.9 Å². The number of aryl methyl sites for hydroxylation is 1. The summed E-state index contributed by atoms with van der Waals surface area (Å²) in [4.78, 5) is 32.4. The quantitative estimate of drug-likeness (QED) is 0.235. The van der Waals surface area contributed by atoms with Gasteiger partial charge in [0.05, 0.1) is 23.7 Å². The molecule has 200 valence electrons. The zero-order valence-corrected chi connectivity index (χ0v) is 23.0. The fourth-order valence-electron chi connectivity index (χ4n) is 4.32. The van der Waals surface area contributed by atoms with Crippen molar-refractivity contribution in [3.63, 3.8) is 0 Å². The van der Waals surface area contributed by atoms with Crippen LogP contribution in [0.25, 0.3) is 22.4 Å². The van der Waals surface area contributed by atoms with Gasteiger partial charge >= 0.3 is 5.97 Å². The van der Waals surface area contributed by atoms with Crippen LogP contribution in [0.5, 0.6) is 0 Å². The van der Waals surface area contributed by atoms with Crippen LogP contribution >= 0.6 is 0 Å². The minimum atomic E-state index is -0.370. The molecule has 0 saturated carbocycles. The summed E-state index contributed by atoms with van der Waals surface area (Å²) in [6.07, 6.45) is 3.77. The van der Waals surface area contributed by atoms with Gasteiger partial charge in [0.1, 0.15) is 5.82 Å². The normalized spacial score (nSPS) is 11.5. The molecule has 0 atom stereocenters. The number of unbranched alkanes of at least 4 members (excludes halogenated alkanes) is 1. The fourth-order valence-corrected chi connectivity index (χ4v) is 4.32. The molecule has 2 aromatic carbocycles. The van der Waals surface area contributed by atoms with E-state index in [0.29, 0.717) is 29.5 Å². The van der Waals surface area contributed by atoms with E-state index in [0.717, 1.165) is 67.7 Å². The van der Waals surface area contributed by atoms with Crippen molar-refractivity contribution in [1.29, 1.82) is 0 Å². The highest BCUT2D eigenvalue weighted by Crippen LogP contribution is 2.27. The van der Waals surface area contributed by atoms with Gasteiger partial charge in [-0.05, 0) is 74.4 Å². The summed E-state index contributed by atoms with van der Waals surface area (Å²) in [5.74, 6) is 1.58. The first-order valence-corrected chi connectivity index (χ1v) is 13.4. The lowest BCUT2D eigenvalue weighted by Crippen LogP contribution is -2.34. The highest BCUT2D eigenvalue weighted by Gasteiger charge is 2.20. The second kappa shape index (κ2) is 13.4. The van der Waals surface area contributed by atoms with Crippen LogP contribution in [0.15, 0.2) is 42.5 Å². The molecule has 0 unspecified atom stereocenters. The molecule has 3 aromatic rings. The first kappa shape index (κ1) is 28.4. The maximum atomic E-state index is 13.6. The molecule has 0 spiro atoms. The Bertz CT molecular complexity index is 1170. The van der Waals surface area contributed by atoms with Gasteiger partial charge in [0.15, 0.2) is 0 Å². The summed E-state index contributed by atoms with van der Waals surface area (Å²) >= 11 is 0. The molecule has 7 nitrogen and oxygen atoms in total. The standard InChI is InChI=1S/C30H42N4O3/c1-21(2)14-18-33(19-15-22(3)4)29(35)25-12-13-26-27(20-25)34(17-7-6-16-31)28(32-26)23-8-10-24(11-9-23)30(36)37-5/h8-13,20-22H,6-7,14-19,31H2,1-5H3. The van der Waals surface area contributed by atoms with Gasteiger partial charge in [0.2, 0.25) is 0 Å². The van der Waals surface area contributed by atoms with E-state index in [1.54, 1.807) is 12.1 Å². The van der Waals surface area contributed by atoms with Crippen molar-refractivity contribution < 1.29 is 14.3 Å². The number of amides is 1. The summed E-state index contributed by atoms with van der Waals surface area (Å²) in [6.45, 7) is 11.6. The number of imidazole rings is 1. The molecule has 0 aliphatic carbocycles. The molecule has 0 radical (unpaired) electrons. The average molecular weight is 507 g/mol. The number of aromatic nitrogens is 2. The second-order valence-electron chi connectivity index (χ2n) is 10.5. The van der Waals surface area contributed by atoms with Crippen molar-refractivity contribution in [3.05, 3.63) is 53.6 Å². The Morgan fingerprint density at radius 3 is 2.14 bits per heavy atom. The molecular formula is C30H42N4O3. The van der Waals surface area contributed by atoms with Gasteiger partial charge in [-0.15, -0.1) is 0 Å². The minimum absolute atomic E-state index is 0.0712. The van der Waals surface area contributed by atoms with E-state index < -0.39 is 0 Å². The molecule has 1 heterocycles. The summed E-state index contributed by atoms with van der Waals surface area (Å²) in [6, 6.07) is 13.1. The van der Waals surface area contributed by atoms with Crippen LogP contribution in [0.1, 0.15) is 74.1 Å². The zero-order valence-electron chi connectivity index (χ0n) is 23.0. The average Bonchev–Trinajstić information content (AvgIpc) is 3.25. The van der Waals surface area contributed by atoms with Gasteiger partial charge in [-0.2, -0.15) is 0 Å². The fraction of sp³-hybridized carbons (Fsp3) is 0.500. The molecule has 7 heteroatoms. The Labute approximate surface area is 221 Å². The number of carbonyl (C=O) groups is 2. The number of ether oxygens (including phenoxy) is 1. The lowest BCUT2D eigenvalue weighted by molar-refractivity contribution is 0.0600. The first-order valence-electron chi connectivity index (χ1n) is 13.4. The van der Waals surface area contributed by atoms with Gasteiger partial charge in [-0.25, -0.2) is 9.78 Å². The van der Waals surface area contributed by atoms with Crippen molar-refractivity contribution in [3.8, 4) is 11.4 Å². The number of hydrogen-bond donors (Lipinski definition) is 1. The number of hydrogen-bond acceptors (Lipinski definition) is 5. The Balaban J connectivity index is 2.00. The van der Waals surface area contributed by atoms with Crippen LogP contribution in [-0.4, -0.2) is 53.1 Å². The van der Waals surface area contributed by atoms with Gasteiger partial charge in [-0.1, -0.05) is 39.8 Å². The number of esters is 1. The number of rotatable bonds is 13. The third-order valence-electron chi connectivity index (χ3n) is 6.64. The van der Waals surface area contributed by atoms with Crippen molar-refractivity contribution in [2.24, 2.45) is 17.6 Å². The number of nitrogens with two attached hydrogens (primary N) is 1. The molecule has 0 saturated heterocycles. The Kier molecular flexibility index (Phi) is 10.3. The van der Waals surface area contributed by atoms with E-state index in [1.807, 2.05) is 35.2 Å². The molecule has 0 aliphatic heterocycles. The number of carbonyl (C=O) groups excluding carboxylic acids is 2. The van der Waals surface area contributed by atoms with E-state index in [-0.39, 0.29) is 11.9 Å². The largest absolute Gasteiger partial charge is 0.465 e. The molecule has 0 bridgehead atoms. The highest BCUT2D eigenvalue weighted by molar-refractivity contribution is 5.98. The van der Waals surface area contributed by atoms with Gasteiger partial charge in [-0.3, -0.25) is 4.79 Å². The smallest absolute Gasteiger partial charge is 0.337 e. The van der Waals surface area contributed by atoms with Crippen LogP contribution in [0, 0.1) is 11.8 Å². The summed E-state index contributed by atoms with van der Waals surface area (Å²) in [5, 5.41) is 0. The molecule has 1 aromatic heterocycles. The number of benzene rings is 2. The summed E-state index contributed by atoms with van der Waals surface area (Å²) < 4.78 is 7.00. The topological polar surface area (TPSA) is 90.5 Å². The SMILES string of the molecule is COC(=O)c1ccc(-c2nc3ccc(C(=O)N(CCC(C)C)CCC(C)C)cc3n2CCCCN)cc1. The summed E-state index contributed by atoms with van der Waals surface area (Å²) in [7, 11) is 1.37. The zero-order chi connectivity index (χ0) is 26.9. The molecule has 1 amide bonds. The van der Waals surface area contributed by atoms with E-state index in [1.165, 1.54) is 7.11 Å². The molecule has 37 heavy (non-hydrogen) atoms. The molecule has 0 fully saturated rings. The molecule has 0 aliphatic rings. The Morgan fingerprint density at radius 1 is 0.946 bits per heavy atom. The lowest BCUT2D eigenvalue weighted by atomic mass is 10.1. The number of fused-ring (bicyclic) bond motifs is 1. The van der Waals surface area contributed by atoms with Crippen molar-refractivity contribution >= 4 is 22.9 Å². The van der Waals surface area contributed by atoms with Crippen molar-refractivity contribution in [2.75, 3.05) is 26.7 Å². The van der Waals surface area contributed by atoms with Gasteiger partial charge in [0.25, 0.3) is 5.91 Å². The van der Waals surface area contributed by atoms with E-state index >= 15 is 0 Å². The van der Waals surface area contributed by atoms with Crippen LogP contribution < -0.4 is 5.73 Å². The third kappa shape index (κ3) is 7.41. The lowest BCUT2D eigenvalue weighted by Gasteiger charge is -2.24. The highest BCUT2D eigenvalue weighted by atomic mass is 16.5. The first-order chi connectivity index (χ1) is 17.7. The van der Waals surface area contributed by atoms with Crippen LogP contribution in [0.3, 0.4) is 0 Å². The van der Waals surface area contributed by atoms with E-state index in [4.69, 9.17) is 15.5 Å². The van der Waals surface area contributed by atoms with Gasteiger partial charge in [0, 0.05) is 30.8 Å². The molecule has 3 rings (SSSR count).